The van der Waals surface area contributed by atoms with Gasteiger partial charge in [0.25, 0.3) is 0 Å². The number of amides is 1. The second-order valence-corrected chi connectivity index (χ2v) is 10.0. The van der Waals surface area contributed by atoms with Gasteiger partial charge in [-0.25, -0.2) is 13.2 Å². The van der Waals surface area contributed by atoms with Gasteiger partial charge in [-0.1, -0.05) is 0 Å². The number of carbonyl (C=O) groups is 1. The number of piperidine rings is 1. The lowest BCUT2D eigenvalue weighted by atomic mass is 9.99. The minimum absolute atomic E-state index is 0.0595. The normalized spacial score (nSPS) is 17.3. The van der Waals surface area contributed by atoms with Crippen LogP contribution in [0, 0.1) is 5.92 Å². The van der Waals surface area contributed by atoms with Crippen LogP contribution in [0.15, 0.2) is 11.7 Å². The molecule has 1 aliphatic rings. The van der Waals surface area contributed by atoms with Crippen molar-refractivity contribution in [3.8, 4) is 0 Å². The summed E-state index contributed by atoms with van der Waals surface area (Å²) in [5, 5.41) is 0. The molecule has 0 radical (unpaired) electrons. The minimum atomic E-state index is -3.13. The van der Waals surface area contributed by atoms with Gasteiger partial charge in [-0.2, -0.15) is 0 Å². The van der Waals surface area contributed by atoms with E-state index in [0.717, 1.165) is 4.88 Å². The molecule has 0 saturated carbocycles. The first-order valence-corrected chi connectivity index (χ1v) is 10.4. The second kappa shape index (κ2) is 7.17. The molecule has 1 aromatic heterocycles. The standard InChI is InChI=1S/C15H24N2O4S2/c1-15(2,3)21-14(18)17-6-4-12(5-7-17)9-23(19,20)10-13-8-16-11-22-13/h8,11-12H,4-7,9-10H2,1-3H3. The van der Waals surface area contributed by atoms with Gasteiger partial charge < -0.3 is 9.64 Å². The predicted octanol–water partition coefficient (Wildman–Crippen LogP) is 2.71. The van der Waals surface area contributed by atoms with Crippen molar-refractivity contribution in [2.45, 2.75) is 45.0 Å². The van der Waals surface area contributed by atoms with Crippen LogP contribution in [0.2, 0.25) is 0 Å². The molecular formula is C15H24N2O4S2. The van der Waals surface area contributed by atoms with Gasteiger partial charge in [0.2, 0.25) is 0 Å². The van der Waals surface area contributed by atoms with E-state index in [2.05, 4.69) is 4.98 Å². The number of ether oxygens (including phenoxy) is 1. The highest BCUT2D eigenvalue weighted by atomic mass is 32.2. The SMILES string of the molecule is CC(C)(C)OC(=O)N1CCC(CS(=O)(=O)Cc2cncs2)CC1. The molecule has 0 N–H and O–H groups in total. The van der Waals surface area contributed by atoms with Crippen LogP contribution in [0.4, 0.5) is 4.79 Å². The van der Waals surface area contributed by atoms with Gasteiger partial charge >= 0.3 is 6.09 Å². The van der Waals surface area contributed by atoms with Crippen LogP contribution >= 0.6 is 11.3 Å². The molecule has 1 saturated heterocycles. The lowest BCUT2D eigenvalue weighted by Gasteiger charge is -2.33. The van der Waals surface area contributed by atoms with Crippen molar-refractivity contribution < 1.29 is 17.9 Å². The maximum absolute atomic E-state index is 12.2. The number of sulfone groups is 1. The molecule has 23 heavy (non-hydrogen) atoms. The molecule has 2 heterocycles. The molecule has 1 aliphatic heterocycles. The Morgan fingerprint density at radius 3 is 2.57 bits per heavy atom. The molecule has 0 unspecified atom stereocenters. The molecule has 1 aromatic rings. The zero-order valence-electron chi connectivity index (χ0n) is 13.8. The zero-order valence-corrected chi connectivity index (χ0v) is 15.5. The fourth-order valence-electron chi connectivity index (χ4n) is 2.56. The van der Waals surface area contributed by atoms with Gasteiger partial charge in [0, 0.05) is 24.2 Å². The van der Waals surface area contributed by atoms with Crippen molar-refractivity contribution in [1.82, 2.24) is 9.88 Å². The molecule has 0 spiro atoms. The van der Waals surface area contributed by atoms with Crippen molar-refractivity contribution in [1.29, 1.82) is 0 Å². The van der Waals surface area contributed by atoms with Crippen LogP contribution in [0.1, 0.15) is 38.5 Å². The Morgan fingerprint density at radius 2 is 2.04 bits per heavy atom. The highest BCUT2D eigenvalue weighted by Crippen LogP contribution is 2.23. The second-order valence-electron chi connectivity index (χ2n) is 6.93. The third kappa shape index (κ3) is 6.10. The lowest BCUT2D eigenvalue weighted by molar-refractivity contribution is 0.0191. The summed E-state index contributed by atoms with van der Waals surface area (Å²) < 4.78 is 29.8. The molecule has 0 atom stereocenters. The molecule has 130 valence electrons. The molecule has 8 heteroatoms. The summed E-state index contributed by atoms with van der Waals surface area (Å²) in [5.74, 6) is 0.336. The lowest BCUT2D eigenvalue weighted by Crippen LogP contribution is -2.42. The fraction of sp³-hybridized carbons (Fsp3) is 0.733. The van der Waals surface area contributed by atoms with Gasteiger partial charge in [0.15, 0.2) is 9.84 Å². The van der Waals surface area contributed by atoms with Crippen molar-refractivity contribution in [3.05, 3.63) is 16.6 Å². The Morgan fingerprint density at radius 1 is 1.39 bits per heavy atom. The number of thiazole rings is 1. The van der Waals surface area contributed by atoms with Gasteiger partial charge in [0.05, 0.1) is 17.0 Å². The van der Waals surface area contributed by atoms with E-state index < -0.39 is 15.4 Å². The number of aromatic nitrogens is 1. The van der Waals surface area contributed by atoms with Gasteiger partial charge in [-0.3, -0.25) is 4.98 Å². The number of rotatable bonds is 4. The Balaban J connectivity index is 1.81. The minimum Gasteiger partial charge on any atom is -0.444 e. The molecule has 0 aromatic carbocycles. The average molecular weight is 361 g/mol. The molecule has 2 rings (SSSR count). The van der Waals surface area contributed by atoms with Crippen LogP contribution in [-0.2, 0) is 20.3 Å². The monoisotopic (exact) mass is 360 g/mol. The number of nitrogens with zero attached hydrogens (tertiary/aromatic N) is 2. The molecule has 1 amide bonds. The van der Waals surface area contributed by atoms with Crippen molar-refractivity contribution in [2.24, 2.45) is 5.92 Å². The number of likely N-dealkylation sites (tertiary alicyclic amines) is 1. The summed E-state index contributed by atoms with van der Waals surface area (Å²) >= 11 is 1.36. The maximum atomic E-state index is 12.2. The third-order valence-electron chi connectivity index (χ3n) is 3.60. The summed E-state index contributed by atoms with van der Waals surface area (Å²) in [4.78, 5) is 18.3. The first kappa shape index (κ1) is 18.2. The average Bonchev–Trinajstić information content (AvgIpc) is 2.89. The van der Waals surface area contributed by atoms with E-state index in [0.29, 0.717) is 25.9 Å². The molecule has 0 aliphatic carbocycles. The van der Waals surface area contributed by atoms with E-state index in [1.54, 1.807) is 16.6 Å². The predicted molar refractivity (Wildman–Crippen MR) is 90.1 cm³/mol. The Bertz CT molecular complexity index is 612. The molecular weight excluding hydrogens is 336 g/mol. The summed E-state index contributed by atoms with van der Waals surface area (Å²) in [6.07, 6.45) is 2.68. The van der Waals surface area contributed by atoms with E-state index in [4.69, 9.17) is 4.74 Å². The fourth-order valence-corrected chi connectivity index (χ4v) is 5.42. The molecule has 0 bridgehead atoms. The highest BCUT2D eigenvalue weighted by molar-refractivity contribution is 7.90. The molecule has 1 fully saturated rings. The van der Waals surface area contributed by atoms with E-state index in [1.165, 1.54) is 11.3 Å². The first-order chi connectivity index (χ1) is 10.6. The Hall–Kier alpha value is -1.15. The number of carbonyl (C=O) groups excluding carboxylic acids is 1. The summed E-state index contributed by atoms with van der Waals surface area (Å²) in [5.41, 5.74) is 1.14. The number of hydrogen-bond donors (Lipinski definition) is 0. The van der Waals surface area contributed by atoms with Crippen LogP contribution in [0.25, 0.3) is 0 Å². The van der Waals surface area contributed by atoms with Gasteiger partial charge in [-0.15, -0.1) is 11.3 Å². The van der Waals surface area contributed by atoms with Crippen LogP contribution in [0.3, 0.4) is 0 Å². The van der Waals surface area contributed by atoms with E-state index in [-0.39, 0.29) is 23.5 Å². The van der Waals surface area contributed by atoms with Crippen LogP contribution in [0.5, 0.6) is 0 Å². The van der Waals surface area contributed by atoms with Gasteiger partial charge in [-0.05, 0) is 39.5 Å². The summed E-state index contributed by atoms with van der Waals surface area (Å²) in [6, 6.07) is 0. The van der Waals surface area contributed by atoms with E-state index in [1.807, 2.05) is 20.8 Å². The third-order valence-corrected chi connectivity index (χ3v) is 6.29. The first-order valence-electron chi connectivity index (χ1n) is 7.70. The van der Waals surface area contributed by atoms with E-state index >= 15 is 0 Å². The molecule has 6 nitrogen and oxygen atoms in total. The largest absolute Gasteiger partial charge is 0.444 e. The smallest absolute Gasteiger partial charge is 0.410 e. The summed E-state index contributed by atoms with van der Waals surface area (Å²) in [6.45, 7) is 6.61. The van der Waals surface area contributed by atoms with E-state index in [9.17, 15) is 13.2 Å². The zero-order chi connectivity index (χ0) is 17.1. The van der Waals surface area contributed by atoms with Crippen LogP contribution in [-0.4, -0.2) is 48.8 Å². The quantitative estimate of drug-likeness (QED) is 0.825. The Labute approximate surface area is 141 Å². The van der Waals surface area contributed by atoms with Crippen LogP contribution < -0.4 is 0 Å². The summed E-state index contributed by atoms with van der Waals surface area (Å²) in [7, 11) is -3.13. The van der Waals surface area contributed by atoms with Gasteiger partial charge in [0.1, 0.15) is 5.60 Å². The highest BCUT2D eigenvalue weighted by Gasteiger charge is 2.29. The maximum Gasteiger partial charge on any atom is 0.410 e. The van der Waals surface area contributed by atoms with Crippen molar-refractivity contribution in [3.63, 3.8) is 0 Å². The van der Waals surface area contributed by atoms with Crippen molar-refractivity contribution in [2.75, 3.05) is 18.8 Å². The topological polar surface area (TPSA) is 76.6 Å². The van der Waals surface area contributed by atoms with Crippen molar-refractivity contribution >= 4 is 27.3 Å². The Kier molecular flexibility index (Phi) is 5.67. The number of hydrogen-bond acceptors (Lipinski definition) is 6.